The van der Waals surface area contributed by atoms with E-state index in [0.29, 0.717) is 0 Å². The van der Waals surface area contributed by atoms with Gasteiger partial charge in [0.2, 0.25) is 0 Å². The van der Waals surface area contributed by atoms with Gasteiger partial charge in [-0.1, -0.05) is 60.7 Å². The highest BCUT2D eigenvalue weighted by molar-refractivity contribution is 6.05. The topological polar surface area (TPSA) is 59.4 Å². The van der Waals surface area contributed by atoms with Crippen LogP contribution in [0.2, 0.25) is 0 Å². The quantitative estimate of drug-likeness (QED) is 0.562. The molecule has 0 fully saturated rings. The molecule has 128 valence electrons. The lowest BCUT2D eigenvalue weighted by atomic mass is 9.94. The minimum absolute atomic E-state index is 0.0128. The smallest absolute Gasteiger partial charge is 0.356 e. The van der Waals surface area contributed by atoms with Crippen molar-refractivity contribution in [3.8, 4) is 11.1 Å². The molecule has 0 aliphatic carbocycles. The molecule has 0 unspecified atom stereocenters. The summed E-state index contributed by atoms with van der Waals surface area (Å²) in [6, 6.07) is 21.4. The van der Waals surface area contributed by atoms with Gasteiger partial charge in [-0.05, 0) is 28.0 Å². The van der Waals surface area contributed by atoms with Crippen LogP contribution in [-0.2, 0) is 11.3 Å². The first-order valence-electron chi connectivity index (χ1n) is 8.33. The van der Waals surface area contributed by atoms with Crippen LogP contribution in [0.4, 0.5) is 0 Å². The zero-order chi connectivity index (χ0) is 18.1. The Hall–Kier alpha value is -3.24. The van der Waals surface area contributed by atoms with Crippen LogP contribution in [0.5, 0.6) is 0 Å². The van der Waals surface area contributed by atoms with Crippen LogP contribution >= 0.6 is 0 Å². The molecule has 0 saturated carbocycles. The number of aliphatic hydroxyl groups excluding tert-OH is 1. The number of rotatable bonds is 3. The van der Waals surface area contributed by atoms with Crippen LogP contribution in [-0.4, -0.2) is 23.2 Å². The maximum atomic E-state index is 11.9. The lowest BCUT2D eigenvalue weighted by molar-refractivity contribution is 0.0594. The summed E-state index contributed by atoms with van der Waals surface area (Å²) in [6.45, 7) is -0.0128. The minimum atomic E-state index is -0.456. The molecule has 3 aromatic carbocycles. The maximum absolute atomic E-state index is 11.9. The molecule has 4 nitrogen and oxygen atoms in total. The van der Waals surface area contributed by atoms with Crippen molar-refractivity contribution in [3.05, 3.63) is 78.0 Å². The van der Waals surface area contributed by atoms with Crippen molar-refractivity contribution in [2.24, 2.45) is 0 Å². The van der Waals surface area contributed by atoms with Crippen molar-refractivity contribution in [1.29, 1.82) is 0 Å². The number of hydrogen-bond acceptors (Lipinski definition) is 4. The van der Waals surface area contributed by atoms with Gasteiger partial charge in [0.1, 0.15) is 5.69 Å². The van der Waals surface area contributed by atoms with E-state index in [2.05, 4.69) is 4.98 Å². The van der Waals surface area contributed by atoms with Gasteiger partial charge in [-0.15, -0.1) is 0 Å². The van der Waals surface area contributed by atoms with Crippen LogP contribution in [0, 0.1) is 0 Å². The van der Waals surface area contributed by atoms with E-state index in [4.69, 9.17) is 4.74 Å². The van der Waals surface area contributed by atoms with Gasteiger partial charge in [-0.25, -0.2) is 9.78 Å². The molecule has 4 rings (SSSR count). The fraction of sp³-hybridized carbons (Fsp3) is 0.0909. The van der Waals surface area contributed by atoms with Crippen molar-refractivity contribution in [3.63, 3.8) is 0 Å². The summed E-state index contributed by atoms with van der Waals surface area (Å²) in [6.07, 6.45) is 0. The number of hydrogen-bond donors (Lipinski definition) is 1. The second-order valence-corrected chi connectivity index (χ2v) is 6.04. The third-order valence-corrected chi connectivity index (χ3v) is 4.59. The molecule has 0 aliphatic heterocycles. The predicted molar refractivity (Wildman–Crippen MR) is 102 cm³/mol. The van der Waals surface area contributed by atoms with Gasteiger partial charge in [-0.3, -0.25) is 0 Å². The first kappa shape index (κ1) is 16.2. The zero-order valence-corrected chi connectivity index (χ0v) is 14.3. The highest BCUT2D eigenvalue weighted by Crippen LogP contribution is 2.34. The Kier molecular flexibility index (Phi) is 4.11. The Morgan fingerprint density at radius 1 is 0.923 bits per heavy atom. The van der Waals surface area contributed by atoms with Crippen molar-refractivity contribution >= 4 is 27.6 Å². The van der Waals surface area contributed by atoms with E-state index in [1.54, 1.807) is 6.07 Å². The monoisotopic (exact) mass is 343 g/mol. The Labute approximate surface area is 150 Å². The third-order valence-electron chi connectivity index (χ3n) is 4.59. The number of para-hydroxylation sites is 1. The van der Waals surface area contributed by atoms with Gasteiger partial charge in [0.05, 0.1) is 19.2 Å². The molecule has 0 aliphatic rings. The van der Waals surface area contributed by atoms with Crippen molar-refractivity contribution in [2.45, 2.75) is 6.61 Å². The van der Waals surface area contributed by atoms with E-state index in [1.807, 2.05) is 60.7 Å². The van der Waals surface area contributed by atoms with Gasteiger partial charge in [0.15, 0.2) is 0 Å². The molecule has 1 aromatic heterocycles. The average Bonchev–Trinajstić information content (AvgIpc) is 2.71. The summed E-state index contributed by atoms with van der Waals surface area (Å²) >= 11 is 0. The number of aromatic nitrogens is 1. The van der Waals surface area contributed by atoms with E-state index in [1.165, 1.54) is 7.11 Å². The largest absolute Gasteiger partial charge is 0.464 e. The van der Waals surface area contributed by atoms with Crippen LogP contribution in [0.1, 0.15) is 16.1 Å². The summed E-state index contributed by atoms with van der Waals surface area (Å²) in [5.74, 6) is -0.456. The average molecular weight is 343 g/mol. The molecular formula is C22H17NO3. The normalized spacial score (nSPS) is 11.0. The molecule has 1 N–H and O–H groups in total. The van der Waals surface area contributed by atoms with Gasteiger partial charge in [0.25, 0.3) is 0 Å². The number of benzene rings is 3. The predicted octanol–water partition coefficient (Wildman–Crippen LogP) is 4.33. The molecule has 0 atom stereocenters. The zero-order valence-electron chi connectivity index (χ0n) is 14.3. The maximum Gasteiger partial charge on any atom is 0.356 e. The molecule has 26 heavy (non-hydrogen) atoms. The molecule has 4 heteroatoms. The van der Waals surface area contributed by atoms with Crippen LogP contribution in [0.15, 0.2) is 66.7 Å². The number of aliphatic hydroxyl groups is 1. The second-order valence-electron chi connectivity index (χ2n) is 6.04. The summed E-state index contributed by atoms with van der Waals surface area (Å²) < 4.78 is 4.80. The lowest BCUT2D eigenvalue weighted by Crippen LogP contribution is -2.04. The fourth-order valence-electron chi connectivity index (χ4n) is 3.33. The summed E-state index contributed by atoms with van der Waals surface area (Å²) in [5.41, 5.74) is 3.86. The standard InChI is InChI=1S/C22H17NO3/c1-26-22(25)20-12-11-14-5-2-10-19(21(14)23-20)18-9-4-7-16-15(13-24)6-3-8-17(16)18/h2-12,24H,13H2,1H3. The molecule has 0 bridgehead atoms. The highest BCUT2D eigenvalue weighted by Gasteiger charge is 2.13. The lowest BCUT2D eigenvalue weighted by Gasteiger charge is -2.12. The van der Waals surface area contributed by atoms with E-state index < -0.39 is 5.97 Å². The second kappa shape index (κ2) is 6.58. The molecular weight excluding hydrogens is 326 g/mol. The number of carbonyl (C=O) groups excluding carboxylic acids is 1. The first-order valence-corrected chi connectivity index (χ1v) is 8.33. The van der Waals surface area contributed by atoms with Crippen LogP contribution in [0.25, 0.3) is 32.8 Å². The molecule has 0 radical (unpaired) electrons. The van der Waals surface area contributed by atoms with E-state index in [9.17, 15) is 9.90 Å². The van der Waals surface area contributed by atoms with Crippen molar-refractivity contribution < 1.29 is 14.6 Å². The number of pyridine rings is 1. The van der Waals surface area contributed by atoms with Crippen LogP contribution < -0.4 is 0 Å². The van der Waals surface area contributed by atoms with E-state index in [0.717, 1.165) is 38.4 Å². The van der Waals surface area contributed by atoms with E-state index in [-0.39, 0.29) is 12.3 Å². The Morgan fingerprint density at radius 3 is 2.46 bits per heavy atom. The van der Waals surface area contributed by atoms with Crippen molar-refractivity contribution in [2.75, 3.05) is 7.11 Å². The summed E-state index contributed by atoms with van der Waals surface area (Å²) in [7, 11) is 1.35. The fourth-order valence-corrected chi connectivity index (χ4v) is 3.33. The molecule has 0 saturated heterocycles. The third kappa shape index (κ3) is 2.61. The van der Waals surface area contributed by atoms with E-state index >= 15 is 0 Å². The summed E-state index contributed by atoms with van der Waals surface area (Å²) in [5, 5.41) is 12.6. The Balaban J connectivity index is 2.03. The van der Waals surface area contributed by atoms with Gasteiger partial charge < -0.3 is 9.84 Å². The SMILES string of the molecule is COC(=O)c1ccc2cccc(-c3cccc4c(CO)cccc34)c2n1. The Bertz CT molecular complexity index is 1130. The number of ether oxygens (including phenoxy) is 1. The van der Waals surface area contributed by atoms with Crippen molar-refractivity contribution in [1.82, 2.24) is 4.98 Å². The highest BCUT2D eigenvalue weighted by atomic mass is 16.5. The van der Waals surface area contributed by atoms with Gasteiger partial charge >= 0.3 is 5.97 Å². The van der Waals surface area contributed by atoms with Gasteiger partial charge in [-0.2, -0.15) is 0 Å². The number of esters is 1. The number of carbonyl (C=O) groups is 1. The van der Waals surface area contributed by atoms with Crippen LogP contribution in [0.3, 0.4) is 0 Å². The molecule has 0 amide bonds. The number of methoxy groups -OCH3 is 1. The minimum Gasteiger partial charge on any atom is -0.464 e. The first-order chi connectivity index (χ1) is 12.7. The molecule has 1 heterocycles. The molecule has 4 aromatic rings. The number of fused-ring (bicyclic) bond motifs is 2. The Morgan fingerprint density at radius 2 is 1.65 bits per heavy atom. The van der Waals surface area contributed by atoms with Gasteiger partial charge in [0, 0.05) is 10.9 Å². The molecule has 0 spiro atoms. The summed E-state index contributed by atoms with van der Waals surface area (Å²) in [4.78, 5) is 16.4. The number of nitrogens with zero attached hydrogens (tertiary/aromatic N) is 1.